The van der Waals surface area contributed by atoms with Crippen molar-refractivity contribution in [2.75, 3.05) is 39.3 Å². The van der Waals surface area contributed by atoms with Crippen molar-refractivity contribution in [1.29, 1.82) is 0 Å². The predicted molar refractivity (Wildman–Crippen MR) is 122 cm³/mol. The lowest BCUT2D eigenvalue weighted by molar-refractivity contribution is 0.0887. The van der Waals surface area contributed by atoms with E-state index >= 15 is 0 Å². The van der Waals surface area contributed by atoms with Crippen LogP contribution in [0.15, 0.2) is 0 Å². The zero-order valence-corrected chi connectivity index (χ0v) is 20.2. The maximum Gasteiger partial charge on any atom is 0.0113 e. The van der Waals surface area contributed by atoms with Gasteiger partial charge < -0.3 is 4.90 Å². The van der Waals surface area contributed by atoms with Crippen LogP contribution in [0.1, 0.15) is 88.0 Å². The van der Waals surface area contributed by atoms with Crippen LogP contribution in [-0.4, -0.2) is 72.1 Å². The summed E-state index contributed by atoms with van der Waals surface area (Å²) < 4.78 is 0. The summed E-state index contributed by atoms with van der Waals surface area (Å²) >= 11 is 0. The second-order valence-corrected chi connectivity index (χ2v) is 10.7. The summed E-state index contributed by atoms with van der Waals surface area (Å²) in [7, 11) is 0. The summed E-state index contributed by atoms with van der Waals surface area (Å²) in [6, 6.07) is 2.22. The highest BCUT2D eigenvalue weighted by Gasteiger charge is 2.42. The first-order valence-corrected chi connectivity index (χ1v) is 11.8. The molecule has 0 N–H and O–H groups in total. The summed E-state index contributed by atoms with van der Waals surface area (Å²) in [6.07, 6.45) is 5.99. The van der Waals surface area contributed by atoms with Gasteiger partial charge in [0.2, 0.25) is 0 Å². The van der Waals surface area contributed by atoms with E-state index in [1.807, 2.05) is 0 Å². The van der Waals surface area contributed by atoms with Gasteiger partial charge in [-0.3, -0.25) is 9.80 Å². The minimum absolute atomic E-state index is 0.722. The molecule has 1 aliphatic carbocycles. The molecule has 162 valence electrons. The molecule has 0 aromatic rings. The molecule has 0 aromatic carbocycles. The Morgan fingerprint density at radius 3 is 1.07 bits per heavy atom. The molecule has 0 aromatic heterocycles. The Kier molecular flexibility index (Phi) is 10.9. The lowest BCUT2D eigenvalue weighted by atomic mass is 9.68. The van der Waals surface area contributed by atoms with Gasteiger partial charge in [0.1, 0.15) is 0 Å². The zero-order chi connectivity index (χ0) is 20.6. The Bertz CT molecular complexity index is 358. The normalized spacial score (nSPS) is 23.4. The first-order valence-electron chi connectivity index (χ1n) is 11.8. The highest BCUT2D eigenvalue weighted by Crippen LogP contribution is 2.48. The van der Waals surface area contributed by atoms with Crippen molar-refractivity contribution in [3.05, 3.63) is 0 Å². The van der Waals surface area contributed by atoms with Crippen molar-refractivity contribution < 1.29 is 0 Å². The molecular formula is C24H51N3. The van der Waals surface area contributed by atoms with Gasteiger partial charge in [0.15, 0.2) is 0 Å². The minimum atomic E-state index is 0.722. The summed E-state index contributed by atoms with van der Waals surface area (Å²) in [5.41, 5.74) is 0.796. The predicted octanol–water partition coefficient (Wildman–Crippen LogP) is 5.35. The van der Waals surface area contributed by atoms with Crippen molar-refractivity contribution in [3.8, 4) is 0 Å². The molecule has 3 nitrogen and oxygen atoms in total. The average Bonchev–Trinajstić information content (AvgIpc) is 3.01. The summed E-state index contributed by atoms with van der Waals surface area (Å²) in [5, 5.41) is 0. The smallest absolute Gasteiger partial charge is 0.0113 e. The molecule has 1 spiro atoms. The summed E-state index contributed by atoms with van der Waals surface area (Å²) in [4.78, 5) is 7.75. The molecule has 3 aliphatic rings. The zero-order valence-electron chi connectivity index (χ0n) is 20.2. The van der Waals surface area contributed by atoms with E-state index in [4.69, 9.17) is 0 Å². The standard InChI is InChI=1S/C10H22N2.C10H19N.C4H10/c1-9(2)11-5-7-12(8-6-11)10(3)4;1-9(2)11-7-6-10(8-11)4-3-5-10;1-4(2)3/h9-10H,5-8H2,1-4H3;9H,3-8H2,1-2H3;4H,1-3H3. The molecule has 0 bridgehead atoms. The van der Waals surface area contributed by atoms with Gasteiger partial charge in [-0.15, -0.1) is 0 Å². The molecule has 1 saturated carbocycles. The maximum absolute atomic E-state index is 2.64. The first kappa shape index (κ1) is 24.9. The van der Waals surface area contributed by atoms with Gasteiger partial charge >= 0.3 is 0 Å². The fraction of sp³-hybridized carbons (Fsp3) is 1.00. The lowest BCUT2D eigenvalue weighted by Gasteiger charge is -2.38. The van der Waals surface area contributed by atoms with Crippen LogP contribution in [0.5, 0.6) is 0 Å². The molecule has 0 unspecified atom stereocenters. The van der Waals surface area contributed by atoms with E-state index in [0.717, 1.165) is 29.5 Å². The molecule has 27 heavy (non-hydrogen) atoms. The fourth-order valence-electron chi connectivity index (χ4n) is 4.27. The third kappa shape index (κ3) is 8.83. The Morgan fingerprint density at radius 1 is 0.519 bits per heavy atom. The van der Waals surface area contributed by atoms with E-state index in [0.29, 0.717) is 0 Å². The third-order valence-electron chi connectivity index (χ3n) is 6.42. The van der Waals surface area contributed by atoms with Gasteiger partial charge in [0.05, 0.1) is 0 Å². The highest BCUT2D eigenvalue weighted by molar-refractivity contribution is 4.96. The number of hydrogen-bond acceptors (Lipinski definition) is 3. The maximum atomic E-state index is 2.64. The number of hydrogen-bond donors (Lipinski definition) is 0. The average molecular weight is 382 g/mol. The fourth-order valence-corrected chi connectivity index (χ4v) is 4.27. The molecule has 3 rings (SSSR count). The van der Waals surface area contributed by atoms with Gasteiger partial charge in [-0.05, 0) is 78.7 Å². The Morgan fingerprint density at radius 2 is 0.889 bits per heavy atom. The van der Waals surface area contributed by atoms with E-state index in [9.17, 15) is 0 Å². The molecule has 3 fully saturated rings. The Labute approximate surface area is 171 Å². The Balaban J connectivity index is 0.000000227. The first-order chi connectivity index (χ1) is 12.6. The van der Waals surface area contributed by atoms with Crippen LogP contribution in [0.2, 0.25) is 0 Å². The van der Waals surface area contributed by atoms with Crippen LogP contribution >= 0.6 is 0 Å². The van der Waals surface area contributed by atoms with Gasteiger partial charge in [0, 0.05) is 50.8 Å². The summed E-state index contributed by atoms with van der Waals surface area (Å²) in [5.74, 6) is 0.833. The topological polar surface area (TPSA) is 9.72 Å². The van der Waals surface area contributed by atoms with Gasteiger partial charge in [0.25, 0.3) is 0 Å². The Hall–Kier alpha value is -0.120. The van der Waals surface area contributed by atoms with E-state index in [1.54, 1.807) is 0 Å². The van der Waals surface area contributed by atoms with Gasteiger partial charge in [-0.1, -0.05) is 27.2 Å². The van der Waals surface area contributed by atoms with Crippen LogP contribution in [0.3, 0.4) is 0 Å². The molecule has 2 saturated heterocycles. The summed E-state index contributed by atoms with van der Waals surface area (Å²) in [6.45, 7) is 28.0. The van der Waals surface area contributed by atoms with Gasteiger partial charge in [-0.25, -0.2) is 0 Å². The second kappa shape index (κ2) is 11.8. The highest BCUT2D eigenvalue weighted by atomic mass is 15.3. The van der Waals surface area contributed by atoms with Crippen LogP contribution in [0.4, 0.5) is 0 Å². The molecule has 3 heteroatoms. The van der Waals surface area contributed by atoms with Crippen molar-refractivity contribution in [1.82, 2.24) is 14.7 Å². The van der Waals surface area contributed by atoms with Crippen LogP contribution in [0, 0.1) is 11.3 Å². The second-order valence-electron chi connectivity index (χ2n) is 10.7. The molecule has 0 radical (unpaired) electrons. The van der Waals surface area contributed by atoms with Crippen LogP contribution in [-0.2, 0) is 0 Å². The minimum Gasteiger partial charge on any atom is -0.300 e. The van der Waals surface area contributed by atoms with Crippen molar-refractivity contribution in [2.45, 2.75) is 106 Å². The van der Waals surface area contributed by atoms with E-state index in [-0.39, 0.29) is 0 Å². The van der Waals surface area contributed by atoms with E-state index in [1.165, 1.54) is 65.0 Å². The largest absolute Gasteiger partial charge is 0.300 e. The molecule has 2 heterocycles. The van der Waals surface area contributed by atoms with E-state index < -0.39 is 0 Å². The third-order valence-corrected chi connectivity index (χ3v) is 6.42. The number of likely N-dealkylation sites (tertiary alicyclic amines) is 1. The van der Waals surface area contributed by atoms with Crippen molar-refractivity contribution >= 4 is 0 Å². The number of nitrogens with zero attached hydrogens (tertiary/aromatic N) is 3. The molecule has 0 amide bonds. The van der Waals surface area contributed by atoms with E-state index in [2.05, 4.69) is 77.0 Å². The quantitative estimate of drug-likeness (QED) is 0.652. The van der Waals surface area contributed by atoms with Gasteiger partial charge in [-0.2, -0.15) is 0 Å². The van der Waals surface area contributed by atoms with Crippen molar-refractivity contribution in [3.63, 3.8) is 0 Å². The van der Waals surface area contributed by atoms with Crippen LogP contribution in [0.25, 0.3) is 0 Å². The van der Waals surface area contributed by atoms with Crippen LogP contribution < -0.4 is 0 Å². The monoisotopic (exact) mass is 381 g/mol. The van der Waals surface area contributed by atoms with Crippen molar-refractivity contribution in [2.24, 2.45) is 11.3 Å². The molecular weight excluding hydrogens is 330 g/mol. The molecule has 2 aliphatic heterocycles. The molecule has 0 atom stereocenters. The SMILES string of the molecule is CC(C)C.CC(C)N1CCC2(CCC2)C1.CC(C)N1CCN(C(C)C)CC1. The number of piperazine rings is 1. The number of rotatable bonds is 3. The lowest BCUT2D eigenvalue weighted by Crippen LogP contribution is -2.50.